The van der Waals surface area contributed by atoms with Gasteiger partial charge >= 0.3 is 5.97 Å². The minimum absolute atomic E-state index is 0.0269. The van der Waals surface area contributed by atoms with Crippen molar-refractivity contribution in [2.45, 2.75) is 44.2 Å². The number of hydrogen-bond donors (Lipinski definition) is 3. The standard InChI is InChI=1S/C13H22N2O3S/c1-2-14-13(12(17)18,9-3-4-9)8-19-7-11(16)15-10-5-6-10/h9-10,14H,2-8H2,1H3,(H,15,16)(H,17,18). The molecule has 3 N–H and O–H groups in total. The zero-order valence-electron chi connectivity index (χ0n) is 11.3. The number of aliphatic carboxylic acids is 1. The summed E-state index contributed by atoms with van der Waals surface area (Å²) in [6, 6.07) is 0.370. The number of hydrogen-bond acceptors (Lipinski definition) is 4. The van der Waals surface area contributed by atoms with E-state index in [9.17, 15) is 14.7 Å². The van der Waals surface area contributed by atoms with Crippen LogP contribution in [0, 0.1) is 5.92 Å². The van der Waals surface area contributed by atoms with Crippen molar-refractivity contribution in [3.05, 3.63) is 0 Å². The Bertz CT molecular complexity index is 356. The highest BCUT2D eigenvalue weighted by Crippen LogP contribution is 2.41. The first kappa shape index (κ1) is 14.7. The van der Waals surface area contributed by atoms with Crippen LogP contribution in [-0.2, 0) is 9.59 Å². The fraction of sp³-hybridized carbons (Fsp3) is 0.846. The molecule has 2 fully saturated rings. The topological polar surface area (TPSA) is 78.4 Å². The molecule has 2 rings (SSSR count). The minimum Gasteiger partial charge on any atom is -0.480 e. The van der Waals surface area contributed by atoms with E-state index in [0.717, 1.165) is 25.7 Å². The number of nitrogens with one attached hydrogen (secondary N) is 2. The van der Waals surface area contributed by atoms with Crippen molar-refractivity contribution in [2.75, 3.05) is 18.1 Å². The first-order valence-corrected chi connectivity index (χ1v) is 8.09. The molecule has 1 amide bonds. The van der Waals surface area contributed by atoms with E-state index in [2.05, 4.69) is 10.6 Å². The van der Waals surface area contributed by atoms with Crippen LogP contribution in [-0.4, -0.2) is 46.6 Å². The largest absolute Gasteiger partial charge is 0.480 e. The van der Waals surface area contributed by atoms with Crippen LogP contribution >= 0.6 is 11.8 Å². The Morgan fingerprint density at radius 2 is 2.00 bits per heavy atom. The fourth-order valence-electron chi connectivity index (χ4n) is 2.32. The van der Waals surface area contributed by atoms with E-state index in [0.29, 0.717) is 24.1 Å². The lowest BCUT2D eigenvalue weighted by atomic mass is 9.96. The van der Waals surface area contributed by atoms with Gasteiger partial charge in [-0.15, -0.1) is 11.8 Å². The van der Waals surface area contributed by atoms with Crippen molar-refractivity contribution < 1.29 is 14.7 Å². The summed E-state index contributed by atoms with van der Waals surface area (Å²) in [6.45, 7) is 2.56. The maximum atomic E-state index is 11.6. The number of amides is 1. The van der Waals surface area contributed by atoms with E-state index in [-0.39, 0.29) is 11.8 Å². The third kappa shape index (κ3) is 3.86. The van der Waals surface area contributed by atoms with E-state index < -0.39 is 11.5 Å². The van der Waals surface area contributed by atoms with Crippen molar-refractivity contribution in [3.8, 4) is 0 Å². The Balaban J connectivity index is 1.81. The highest BCUT2D eigenvalue weighted by Gasteiger charge is 2.50. The third-order valence-corrected chi connectivity index (χ3v) is 4.78. The van der Waals surface area contributed by atoms with Gasteiger partial charge in [0.25, 0.3) is 0 Å². The molecule has 1 atom stereocenters. The normalized spacial score (nSPS) is 21.7. The SMILES string of the molecule is CCNC(CSCC(=O)NC1CC1)(C(=O)O)C1CC1. The third-order valence-electron chi connectivity index (χ3n) is 3.65. The summed E-state index contributed by atoms with van der Waals surface area (Å²) in [7, 11) is 0. The van der Waals surface area contributed by atoms with Gasteiger partial charge in [-0.3, -0.25) is 9.59 Å². The van der Waals surface area contributed by atoms with Crippen LogP contribution < -0.4 is 10.6 Å². The van der Waals surface area contributed by atoms with Crippen molar-refractivity contribution in [1.82, 2.24) is 10.6 Å². The maximum absolute atomic E-state index is 11.6. The van der Waals surface area contributed by atoms with Gasteiger partial charge in [0.2, 0.25) is 5.91 Å². The Morgan fingerprint density at radius 3 is 2.47 bits per heavy atom. The average molecular weight is 286 g/mol. The van der Waals surface area contributed by atoms with Crippen molar-refractivity contribution in [2.24, 2.45) is 5.92 Å². The van der Waals surface area contributed by atoms with Crippen LogP contribution in [0.1, 0.15) is 32.6 Å². The van der Waals surface area contributed by atoms with E-state index in [4.69, 9.17) is 0 Å². The first-order chi connectivity index (χ1) is 9.08. The number of carboxylic acids is 1. The molecule has 0 heterocycles. The van der Waals surface area contributed by atoms with Crippen molar-refractivity contribution >= 4 is 23.6 Å². The van der Waals surface area contributed by atoms with Crippen molar-refractivity contribution in [1.29, 1.82) is 0 Å². The fourth-order valence-corrected chi connectivity index (χ4v) is 3.47. The van der Waals surface area contributed by atoms with Gasteiger partial charge < -0.3 is 15.7 Å². The van der Waals surface area contributed by atoms with E-state index in [1.165, 1.54) is 11.8 Å². The molecule has 0 aromatic carbocycles. The summed E-state index contributed by atoms with van der Waals surface area (Å²) >= 11 is 1.42. The Hall–Kier alpha value is -0.750. The van der Waals surface area contributed by atoms with Crippen LogP contribution in [0.15, 0.2) is 0 Å². The van der Waals surface area contributed by atoms with Crippen LogP contribution in [0.25, 0.3) is 0 Å². The van der Waals surface area contributed by atoms with Gasteiger partial charge in [-0.25, -0.2) is 0 Å². The summed E-state index contributed by atoms with van der Waals surface area (Å²) < 4.78 is 0. The number of carbonyl (C=O) groups excluding carboxylic acids is 1. The molecular weight excluding hydrogens is 264 g/mol. The highest BCUT2D eigenvalue weighted by molar-refractivity contribution is 8.00. The zero-order chi connectivity index (χ0) is 13.9. The number of likely N-dealkylation sites (N-methyl/N-ethyl adjacent to an activating group) is 1. The minimum atomic E-state index is -0.848. The lowest BCUT2D eigenvalue weighted by molar-refractivity contribution is -0.144. The van der Waals surface area contributed by atoms with Crippen LogP contribution in [0.4, 0.5) is 0 Å². The Kier molecular flexibility index (Phi) is 4.73. The molecule has 2 aliphatic carbocycles. The second-order valence-electron chi connectivity index (χ2n) is 5.42. The predicted molar refractivity (Wildman–Crippen MR) is 75.3 cm³/mol. The second-order valence-corrected chi connectivity index (χ2v) is 6.40. The van der Waals surface area contributed by atoms with Gasteiger partial charge in [-0.2, -0.15) is 0 Å². The number of thioether (sulfide) groups is 1. The first-order valence-electron chi connectivity index (χ1n) is 6.94. The molecule has 5 nitrogen and oxygen atoms in total. The van der Waals surface area contributed by atoms with Crippen LogP contribution in [0.5, 0.6) is 0 Å². The molecule has 6 heteroatoms. The lowest BCUT2D eigenvalue weighted by Gasteiger charge is -2.30. The molecule has 0 bridgehead atoms. The summed E-state index contributed by atoms with van der Waals surface area (Å²) in [6.07, 6.45) is 4.09. The zero-order valence-corrected chi connectivity index (χ0v) is 12.1. The molecule has 19 heavy (non-hydrogen) atoms. The lowest BCUT2D eigenvalue weighted by Crippen LogP contribution is -2.56. The van der Waals surface area contributed by atoms with E-state index in [1.807, 2.05) is 6.92 Å². The molecule has 0 radical (unpaired) electrons. The second kappa shape index (κ2) is 6.13. The van der Waals surface area contributed by atoms with Gasteiger partial charge in [-0.1, -0.05) is 6.92 Å². The monoisotopic (exact) mass is 286 g/mol. The quantitative estimate of drug-likeness (QED) is 0.585. The molecular formula is C13H22N2O3S. The number of carboxylic acid groups (broad SMARTS) is 1. The van der Waals surface area contributed by atoms with Crippen molar-refractivity contribution in [3.63, 3.8) is 0 Å². The smallest absolute Gasteiger partial charge is 0.325 e. The van der Waals surface area contributed by atoms with Gasteiger partial charge in [0.15, 0.2) is 0 Å². The molecule has 2 saturated carbocycles. The maximum Gasteiger partial charge on any atom is 0.325 e. The predicted octanol–water partition coefficient (Wildman–Crippen LogP) is 0.841. The molecule has 2 aliphatic rings. The van der Waals surface area contributed by atoms with Gasteiger partial charge in [0, 0.05) is 11.8 Å². The Morgan fingerprint density at radius 1 is 1.32 bits per heavy atom. The molecule has 0 aromatic heterocycles. The summed E-state index contributed by atoms with van der Waals surface area (Å²) in [5.41, 5.74) is -0.848. The van der Waals surface area contributed by atoms with Crippen LogP contribution in [0.3, 0.4) is 0 Å². The molecule has 0 spiro atoms. The molecule has 0 aliphatic heterocycles. The molecule has 0 saturated heterocycles. The molecule has 1 unspecified atom stereocenters. The van der Waals surface area contributed by atoms with E-state index in [1.54, 1.807) is 0 Å². The van der Waals surface area contributed by atoms with Gasteiger partial charge in [0.05, 0.1) is 5.75 Å². The molecule has 108 valence electrons. The van der Waals surface area contributed by atoms with Gasteiger partial charge in [0.1, 0.15) is 5.54 Å². The molecule has 0 aromatic rings. The highest BCUT2D eigenvalue weighted by atomic mass is 32.2. The average Bonchev–Trinajstić information content (AvgIpc) is 3.20. The summed E-state index contributed by atoms with van der Waals surface area (Å²) in [5.74, 6) is 0.262. The summed E-state index contributed by atoms with van der Waals surface area (Å²) in [5, 5.41) is 15.6. The van der Waals surface area contributed by atoms with Gasteiger partial charge in [-0.05, 0) is 38.1 Å². The van der Waals surface area contributed by atoms with E-state index >= 15 is 0 Å². The summed E-state index contributed by atoms with van der Waals surface area (Å²) in [4.78, 5) is 23.2. The Labute approximate surface area is 117 Å². The number of carbonyl (C=O) groups is 2. The number of rotatable bonds is 9. The van der Waals surface area contributed by atoms with Crippen LogP contribution in [0.2, 0.25) is 0 Å².